The maximum atomic E-state index is 11.6. The summed E-state index contributed by atoms with van der Waals surface area (Å²) in [5.41, 5.74) is 6.58. The Morgan fingerprint density at radius 3 is 2.64 bits per heavy atom. The Hall–Kier alpha value is -2.21. The molecule has 2 rings (SSSR count). The number of carbonyl (C=O) groups excluding carboxylic acids is 1. The molecule has 116 valence electrons. The molecule has 0 saturated carbocycles. The van der Waals surface area contributed by atoms with Crippen LogP contribution in [0.3, 0.4) is 0 Å². The first-order valence-corrected chi connectivity index (χ1v) is 8.09. The lowest BCUT2D eigenvalue weighted by Gasteiger charge is -2.04. The Kier molecular flexibility index (Phi) is 5.66. The minimum atomic E-state index is 0.0446. The van der Waals surface area contributed by atoms with Gasteiger partial charge in [0.1, 0.15) is 0 Å². The second-order valence-electron chi connectivity index (χ2n) is 5.08. The standard InChI is InChI=1S/C16H20N4OS/c1-4-5-15(21)17-13-8-6-12(7-9-13)14-10-22-16(18-14)20-19-11(2)3/h6-10H,4-5H2,1-3H3,(H,17,21)(H,18,20). The second-order valence-corrected chi connectivity index (χ2v) is 5.94. The molecule has 1 aromatic heterocycles. The highest BCUT2D eigenvalue weighted by Gasteiger charge is 2.05. The third-order valence-corrected chi connectivity index (χ3v) is 3.57. The van der Waals surface area contributed by atoms with Crippen molar-refractivity contribution in [2.24, 2.45) is 5.10 Å². The van der Waals surface area contributed by atoms with Crippen molar-refractivity contribution in [1.29, 1.82) is 0 Å². The minimum absolute atomic E-state index is 0.0446. The average molecular weight is 316 g/mol. The zero-order valence-electron chi connectivity index (χ0n) is 13.0. The van der Waals surface area contributed by atoms with Gasteiger partial charge in [-0.2, -0.15) is 5.10 Å². The Labute approximate surface area is 134 Å². The number of hydrogen-bond acceptors (Lipinski definition) is 5. The summed E-state index contributed by atoms with van der Waals surface area (Å²) in [7, 11) is 0. The summed E-state index contributed by atoms with van der Waals surface area (Å²) in [6.07, 6.45) is 1.39. The molecular formula is C16H20N4OS. The zero-order valence-corrected chi connectivity index (χ0v) is 13.8. The summed E-state index contributed by atoms with van der Waals surface area (Å²) in [5, 5.41) is 9.75. The fourth-order valence-corrected chi connectivity index (χ4v) is 2.45. The number of rotatable bonds is 6. The van der Waals surface area contributed by atoms with Crippen LogP contribution in [0.15, 0.2) is 34.7 Å². The number of thiazole rings is 1. The number of hydrazone groups is 1. The molecule has 1 amide bonds. The topological polar surface area (TPSA) is 66.4 Å². The Balaban J connectivity index is 2.04. The van der Waals surface area contributed by atoms with Crippen molar-refractivity contribution >= 4 is 33.8 Å². The third-order valence-electron chi connectivity index (χ3n) is 2.82. The largest absolute Gasteiger partial charge is 0.326 e. The quantitative estimate of drug-likeness (QED) is 0.615. The predicted molar refractivity (Wildman–Crippen MR) is 93.5 cm³/mol. The highest BCUT2D eigenvalue weighted by atomic mass is 32.1. The van der Waals surface area contributed by atoms with E-state index in [9.17, 15) is 4.79 Å². The highest BCUT2D eigenvalue weighted by molar-refractivity contribution is 7.14. The summed E-state index contributed by atoms with van der Waals surface area (Å²) in [6, 6.07) is 7.69. The number of nitrogens with zero attached hydrogens (tertiary/aromatic N) is 2. The minimum Gasteiger partial charge on any atom is -0.326 e. The van der Waals surface area contributed by atoms with E-state index in [1.807, 2.05) is 50.4 Å². The van der Waals surface area contributed by atoms with Gasteiger partial charge in [-0.15, -0.1) is 11.3 Å². The molecule has 1 heterocycles. The maximum Gasteiger partial charge on any atom is 0.224 e. The molecule has 0 radical (unpaired) electrons. The molecule has 2 N–H and O–H groups in total. The van der Waals surface area contributed by atoms with Crippen molar-refractivity contribution in [3.05, 3.63) is 29.6 Å². The van der Waals surface area contributed by atoms with E-state index in [2.05, 4.69) is 20.8 Å². The second kappa shape index (κ2) is 7.70. The molecule has 0 spiro atoms. The van der Waals surface area contributed by atoms with E-state index >= 15 is 0 Å². The lowest BCUT2D eigenvalue weighted by atomic mass is 10.1. The lowest BCUT2D eigenvalue weighted by molar-refractivity contribution is -0.116. The smallest absolute Gasteiger partial charge is 0.224 e. The number of amides is 1. The first-order chi connectivity index (χ1) is 10.6. The van der Waals surface area contributed by atoms with E-state index in [1.165, 1.54) is 11.3 Å². The number of hydrogen-bond donors (Lipinski definition) is 2. The molecule has 5 nitrogen and oxygen atoms in total. The van der Waals surface area contributed by atoms with Crippen LogP contribution in [0.2, 0.25) is 0 Å². The van der Waals surface area contributed by atoms with Gasteiger partial charge in [-0.3, -0.25) is 10.2 Å². The van der Waals surface area contributed by atoms with Crippen LogP contribution in [0.25, 0.3) is 11.3 Å². The van der Waals surface area contributed by atoms with Gasteiger partial charge in [-0.25, -0.2) is 4.98 Å². The van der Waals surface area contributed by atoms with Gasteiger partial charge in [0.25, 0.3) is 0 Å². The Morgan fingerprint density at radius 2 is 2.00 bits per heavy atom. The molecule has 0 unspecified atom stereocenters. The monoisotopic (exact) mass is 316 g/mol. The van der Waals surface area contributed by atoms with Gasteiger partial charge in [0.05, 0.1) is 5.69 Å². The number of benzene rings is 1. The number of carbonyl (C=O) groups is 1. The fraction of sp³-hybridized carbons (Fsp3) is 0.312. The summed E-state index contributed by atoms with van der Waals surface area (Å²) in [5.74, 6) is 0.0446. The normalized spacial score (nSPS) is 10.1. The summed E-state index contributed by atoms with van der Waals surface area (Å²) in [4.78, 5) is 16.0. The van der Waals surface area contributed by atoms with Crippen LogP contribution in [0.1, 0.15) is 33.6 Å². The summed E-state index contributed by atoms with van der Waals surface area (Å²) >= 11 is 1.51. The first kappa shape index (κ1) is 16.2. The van der Waals surface area contributed by atoms with E-state index in [0.717, 1.165) is 34.2 Å². The number of aromatic nitrogens is 1. The van der Waals surface area contributed by atoms with E-state index in [-0.39, 0.29) is 5.91 Å². The van der Waals surface area contributed by atoms with Crippen LogP contribution in [-0.2, 0) is 4.79 Å². The van der Waals surface area contributed by atoms with Crippen molar-refractivity contribution in [1.82, 2.24) is 4.98 Å². The molecule has 0 aliphatic rings. The maximum absolute atomic E-state index is 11.6. The first-order valence-electron chi connectivity index (χ1n) is 7.21. The molecule has 22 heavy (non-hydrogen) atoms. The van der Waals surface area contributed by atoms with E-state index in [0.29, 0.717) is 6.42 Å². The fourth-order valence-electron chi connectivity index (χ4n) is 1.79. The van der Waals surface area contributed by atoms with Crippen molar-refractivity contribution in [3.8, 4) is 11.3 Å². The zero-order chi connectivity index (χ0) is 15.9. The van der Waals surface area contributed by atoms with Crippen LogP contribution in [0.4, 0.5) is 10.8 Å². The van der Waals surface area contributed by atoms with Crippen molar-refractivity contribution < 1.29 is 4.79 Å². The molecule has 0 aliphatic carbocycles. The average Bonchev–Trinajstić information content (AvgIpc) is 2.95. The summed E-state index contributed by atoms with van der Waals surface area (Å²) < 4.78 is 0. The molecule has 6 heteroatoms. The van der Waals surface area contributed by atoms with Crippen LogP contribution in [-0.4, -0.2) is 16.6 Å². The molecule has 0 atom stereocenters. The highest BCUT2D eigenvalue weighted by Crippen LogP contribution is 2.26. The lowest BCUT2D eigenvalue weighted by Crippen LogP contribution is -2.10. The van der Waals surface area contributed by atoms with Gasteiger partial charge in [0.15, 0.2) is 0 Å². The molecule has 2 aromatic rings. The predicted octanol–water partition coefficient (Wildman–Crippen LogP) is 4.36. The third kappa shape index (κ3) is 4.66. The molecular weight excluding hydrogens is 296 g/mol. The molecule has 0 bridgehead atoms. The Morgan fingerprint density at radius 1 is 1.27 bits per heavy atom. The van der Waals surface area contributed by atoms with Gasteiger partial charge in [0.2, 0.25) is 11.0 Å². The molecule has 0 fully saturated rings. The van der Waals surface area contributed by atoms with Crippen LogP contribution >= 0.6 is 11.3 Å². The molecule has 0 aliphatic heterocycles. The van der Waals surface area contributed by atoms with E-state index < -0.39 is 0 Å². The van der Waals surface area contributed by atoms with Crippen LogP contribution in [0, 0.1) is 0 Å². The van der Waals surface area contributed by atoms with Gasteiger partial charge >= 0.3 is 0 Å². The Bertz CT molecular complexity index is 657. The van der Waals surface area contributed by atoms with Gasteiger partial charge in [-0.05, 0) is 32.4 Å². The SMILES string of the molecule is CCCC(=O)Nc1ccc(-c2csc(NN=C(C)C)n2)cc1. The van der Waals surface area contributed by atoms with E-state index in [1.54, 1.807) is 0 Å². The molecule has 0 saturated heterocycles. The van der Waals surface area contributed by atoms with E-state index in [4.69, 9.17) is 0 Å². The van der Waals surface area contributed by atoms with Gasteiger partial charge in [-0.1, -0.05) is 19.1 Å². The number of nitrogens with one attached hydrogen (secondary N) is 2. The van der Waals surface area contributed by atoms with Crippen molar-refractivity contribution in [3.63, 3.8) is 0 Å². The van der Waals surface area contributed by atoms with Gasteiger partial charge < -0.3 is 5.32 Å². The van der Waals surface area contributed by atoms with Crippen LogP contribution in [0.5, 0.6) is 0 Å². The summed E-state index contributed by atoms with van der Waals surface area (Å²) in [6.45, 7) is 5.83. The van der Waals surface area contributed by atoms with Crippen molar-refractivity contribution in [2.75, 3.05) is 10.7 Å². The van der Waals surface area contributed by atoms with Gasteiger partial charge in [0, 0.05) is 28.8 Å². The van der Waals surface area contributed by atoms with Crippen molar-refractivity contribution in [2.45, 2.75) is 33.6 Å². The molecule has 1 aromatic carbocycles. The van der Waals surface area contributed by atoms with Crippen LogP contribution < -0.4 is 10.7 Å². The number of anilines is 2.